The number of phenolic OH excluding ortho intramolecular Hbond substituents is 5. The number of hydrogen-bond acceptors (Lipinski definition) is 6. The van der Waals surface area contributed by atoms with Crippen LogP contribution >= 0.6 is 0 Å². The van der Waals surface area contributed by atoms with Crippen LogP contribution in [0.3, 0.4) is 0 Å². The van der Waals surface area contributed by atoms with Gasteiger partial charge in [-0.3, -0.25) is 0 Å². The van der Waals surface area contributed by atoms with Crippen molar-refractivity contribution in [1.82, 2.24) is 0 Å². The average Bonchev–Trinajstić information content (AvgIpc) is 3.86. The highest BCUT2D eigenvalue weighted by atomic mass is 16.4. The Balaban J connectivity index is 1.23. The molecule has 6 aromatic rings. The Morgan fingerprint density at radius 1 is 0.483 bits per heavy atom. The maximum Gasteiger partial charge on any atom is 0.208 e. The zero-order chi connectivity index (χ0) is 40.1. The summed E-state index contributed by atoms with van der Waals surface area (Å²) in [4.78, 5) is 1.78. The van der Waals surface area contributed by atoms with Gasteiger partial charge in [-0.25, -0.2) is 0 Å². The topological polar surface area (TPSA) is 104 Å². The van der Waals surface area contributed by atoms with Gasteiger partial charge in [0, 0.05) is 11.1 Å². The lowest BCUT2D eigenvalue weighted by molar-refractivity contribution is 0.329. The Hall–Kier alpha value is -6.40. The molecule has 0 aliphatic heterocycles. The van der Waals surface area contributed by atoms with Crippen molar-refractivity contribution in [1.29, 1.82) is 0 Å². The van der Waals surface area contributed by atoms with Crippen LogP contribution in [0.25, 0.3) is 16.7 Å². The van der Waals surface area contributed by atoms with Gasteiger partial charge in [-0.05, 0) is 121 Å². The summed E-state index contributed by atoms with van der Waals surface area (Å²) in [6.07, 6.45) is 8.42. The minimum atomic E-state index is -0.990. The number of allylic oxidation sites excluding steroid dienone is 4. The molecule has 5 aliphatic carbocycles. The lowest BCUT2D eigenvalue weighted by Crippen LogP contribution is -2.27. The van der Waals surface area contributed by atoms with Gasteiger partial charge in [0.1, 0.15) is 5.69 Å². The first-order valence-electron chi connectivity index (χ1n) is 20.3. The third kappa shape index (κ3) is 4.12. The summed E-state index contributed by atoms with van der Waals surface area (Å²) >= 11 is 0. The van der Waals surface area contributed by atoms with E-state index in [1.807, 2.05) is 18.2 Å². The Kier molecular flexibility index (Phi) is 6.83. The summed E-state index contributed by atoms with van der Waals surface area (Å²) in [5, 5.41) is 56.6. The van der Waals surface area contributed by atoms with E-state index < -0.39 is 39.6 Å². The molecule has 288 valence electrons. The Morgan fingerprint density at radius 3 is 1.76 bits per heavy atom. The molecule has 0 radical (unpaired) electrons. The molecule has 0 fully saturated rings. The molecule has 6 aromatic carbocycles. The second-order valence-electron chi connectivity index (χ2n) is 18.3. The molecule has 0 amide bonds. The van der Waals surface area contributed by atoms with E-state index in [9.17, 15) is 25.5 Å². The minimum absolute atomic E-state index is 0.0724. The predicted octanol–water partition coefficient (Wildman–Crippen LogP) is 11.8. The van der Waals surface area contributed by atoms with Crippen LogP contribution in [-0.4, -0.2) is 25.5 Å². The fourth-order valence-corrected chi connectivity index (χ4v) is 12.3. The van der Waals surface area contributed by atoms with Gasteiger partial charge in [0.25, 0.3) is 0 Å². The maximum atomic E-state index is 11.8. The molecule has 0 bridgehead atoms. The molecule has 0 heterocycles. The number of hydrogen-bond donors (Lipinski definition) is 5. The van der Waals surface area contributed by atoms with Gasteiger partial charge < -0.3 is 30.4 Å². The number of rotatable bonds is 3. The molecule has 2 atom stereocenters. The first-order valence-corrected chi connectivity index (χ1v) is 20.3. The van der Waals surface area contributed by atoms with Crippen LogP contribution in [0.4, 0.5) is 17.1 Å². The molecular weight excluding hydrogens is 719 g/mol. The van der Waals surface area contributed by atoms with Crippen LogP contribution in [0.2, 0.25) is 0 Å². The Morgan fingerprint density at radius 2 is 1.03 bits per heavy atom. The number of phenols is 5. The molecule has 2 spiro atoms. The van der Waals surface area contributed by atoms with Crippen molar-refractivity contribution >= 4 is 22.6 Å². The lowest BCUT2D eigenvalue weighted by Gasteiger charge is -2.35. The van der Waals surface area contributed by atoms with Gasteiger partial charge >= 0.3 is 0 Å². The van der Waals surface area contributed by atoms with Crippen molar-refractivity contribution in [2.75, 3.05) is 4.90 Å². The lowest BCUT2D eigenvalue weighted by atomic mass is 9.69. The van der Waals surface area contributed by atoms with Crippen molar-refractivity contribution in [3.8, 4) is 39.9 Å². The van der Waals surface area contributed by atoms with Crippen LogP contribution < -0.4 is 4.90 Å². The van der Waals surface area contributed by atoms with Crippen LogP contribution in [0.5, 0.6) is 28.7 Å². The maximum absolute atomic E-state index is 11.8. The largest absolute Gasteiger partial charge is 0.503 e. The predicted molar refractivity (Wildman–Crippen MR) is 229 cm³/mol. The van der Waals surface area contributed by atoms with Crippen molar-refractivity contribution in [2.24, 2.45) is 0 Å². The standard InChI is InChI=1S/C52H45NO5/c1-49(2)27-51(38-21-12-11-20-37(38)49)28-50(3,4)42-39(51)22-13-23-41(42)53(43-44(54)46(56)48(58)47(57)45(43)55)29-24-25-33-32-16-7-10-19-36(32)52(40(33)26-29)34-17-8-5-14-30(34)31-15-6-9-18-35(31)52/h5,7-8,10-26,54-58H,6,9,27-28H2,1-4H3. The SMILES string of the molecule is CC1(C)CC2(CC(C)(C)c3c(N(c4ccc5c(c4)C4(C6=CCCC=C6c6ccccc64)c4ccccc4-5)c4c(O)c(O)c(O)c(O)c4O)cccc32)c2ccccc21. The quantitative estimate of drug-likeness (QED) is 0.0908. The van der Waals surface area contributed by atoms with Gasteiger partial charge in [-0.1, -0.05) is 131 Å². The second-order valence-corrected chi connectivity index (χ2v) is 18.3. The number of benzene rings is 6. The van der Waals surface area contributed by atoms with E-state index in [0.717, 1.165) is 47.9 Å². The van der Waals surface area contributed by atoms with Gasteiger partial charge in [-0.15, -0.1) is 0 Å². The number of nitrogens with zero attached hydrogens (tertiary/aromatic N) is 1. The van der Waals surface area contributed by atoms with E-state index in [2.05, 4.69) is 131 Å². The Bertz CT molecular complexity index is 2850. The molecule has 5 aliphatic rings. The highest BCUT2D eigenvalue weighted by Gasteiger charge is 2.58. The van der Waals surface area contributed by atoms with Crippen molar-refractivity contribution in [3.05, 3.63) is 171 Å². The van der Waals surface area contributed by atoms with E-state index in [0.29, 0.717) is 11.4 Å². The molecular formula is C52H45NO5. The Labute approximate surface area is 338 Å². The third-order valence-electron chi connectivity index (χ3n) is 14.2. The third-order valence-corrected chi connectivity index (χ3v) is 14.2. The van der Waals surface area contributed by atoms with Crippen LogP contribution in [-0.2, 0) is 21.7 Å². The zero-order valence-electron chi connectivity index (χ0n) is 33.1. The van der Waals surface area contributed by atoms with Gasteiger partial charge in [0.2, 0.25) is 17.2 Å². The summed E-state index contributed by atoms with van der Waals surface area (Å²) in [5.74, 6) is -4.30. The van der Waals surface area contributed by atoms with E-state index in [4.69, 9.17) is 0 Å². The summed E-state index contributed by atoms with van der Waals surface area (Å²) in [6, 6.07) is 38.6. The first kappa shape index (κ1) is 34.8. The molecule has 0 saturated carbocycles. The average molecular weight is 764 g/mol. The van der Waals surface area contributed by atoms with Crippen molar-refractivity contribution in [2.45, 2.75) is 75.0 Å². The van der Waals surface area contributed by atoms with E-state index in [-0.39, 0.29) is 16.5 Å². The number of aromatic hydroxyl groups is 5. The van der Waals surface area contributed by atoms with Crippen LogP contribution in [0.15, 0.2) is 127 Å². The molecule has 5 N–H and O–H groups in total. The summed E-state index contributed by atoms with van der Waals surface area (Å²) in [5.41, 5.74) is 14.1. The van der Waals surface area contributed by atoms with E-state index >= 15 is 0 Å². The summed E-state index contributed by atoms with van der Waals surface area (Å²) in [7, 11) is 0. The molecule has 0 saturated heterocycles. The highest BCUT2D eigenvalue weighted by molar-refractivity contribution is 6.01. The van der Waals surface area contributed by atoms with E-state index in [1.165, 1.54) is 44.5 Å². The summed E-state index contributed by atoms with van der Waals surface area (Å²) in [6.45, 7) is 9.16. The van der Waals surface area contributed by atoms with Crippen LogP contribution in [0.1, 0.15) is 97.9 Å². The van der Waals surface area contributed by atoms with Crippen molar-refractivity contribution < 1.29 is 25.5 Å². The fraction of sp³-hybridized carbons (Fsp3) is 0.231. The molecule has 0 aromatic heterocycles. The highest BCUT2D eigenvalue weighted by Crippen LogP contribution is 2.68. The monoisotopic (exact) mass is 763 g/mol. The van der Waals surface area contributed by atoms with Gasteiger partial charge in [0.05, 0.1) is 11.1 Å². The van der Waals surface area contributed by atoms with Gasteiger partial charge in [-0.2, -0.15) is 0 Å². The normalized spacial score (nSPS) is 22.1. The number of anilines is 3. The molecule has 6 heteroatoms. The zero-order valence-corrected chi connectivity index (χ0v) is 33.1. The smallest absolute Gasteiger partial charge is 0.208 e. The number of fused-ring (bicyclic) bond motifs is 14. The molecule has 6 nitrogen and oxygen atoms in total. The minimum Gasteiger partial charge on any atom is -0.503 e. The molecule has 11 rings (SSSR count). The van der Waals surface area contributed by atoms with Crippen LogP contribution in [0, 0.1) is 0 Å². The molecule has 2 unspecified atom stereocenters. The van der Waals surface area contributed by atoms with Gasteiger partial charge in [0.15, 0.2) is 11.5 Å². The second kappa shape index (κ2) is 11.4. The first-order chi connectivity index (χ1) is 27.8. The molecule has 58 heavy (non-hydrogen) atoms. The van der Waals surface area contributed by atoms with E-state index in [1.54, 1.807) is 4.90 Å². The fourth-order valence-electron chi connectivity index (χ4n) is 12.3. The summed E-state index contributed by atoms with van der Waals surface area (Å²) < 4.78 is 0. The van der Waals surface area contributed by atoms with Crippen molar-refractivity contribution in [3.63, 3.8) is 0 Å².